The monoisotopic (exact) mass is 212 g/mol. The van der Waals surface area contributed by atoms with Gasteiger partial charge in [0.2, 0.25) is 0 Å². The van der Waals surface area contributed by atoms with Crippen LogP contribution in [0.25, 0.3) is 0 Å². The van der Waals surface area contributed by atoms with Crippen molar-refractivity contribution in [2.24, 2.45) is 23.2 Å². The van der Waals surface area contributed by atoms with Crippen LogP contribution in [0.2, 0.25) is 0 Å². The zero-order valence-electron chi connectivity index (χ0n) is 11.5. The summed E-state index contributed by atoms with van der Waals surface area (Å²) in [5.74, 6) is 2.14. The van der Waals surface area contributed by atoms with E-state index in [0.717, 1.165) is 12.3 Å². The summed E-state index contributed by atoms with van der Waals surface area (Å²) in [6.07, 6.45) is 2.01. The Bertz CT molecular complexity index is 202. The van der Waals surface area contributed by atoms with Gasteiger partial charge in [0.25, 0.3) is 0 Å². The van der Waals surface area contributed by atoms with Crippen LogP contribution in [0, 0.1) is 23.2 Å². The Morgan fingerprint density at radius 3 is 1.87 bits per heavy atom. The van der Waals surface area contributed by atoms with E-state index in [-0.39, 0.29) is 5.41 Å². The SMILES string of the molecule is CC[C@H]1OC(C(C)(C)C)[C@H](C)[C@@H](C)[C@H]1C. The molecular weight excluding hydrogens is 184 g/mol. The van der Waals surface area contributed by atoms with Crippen molar-refractivity contribution in [1.29, 1.82) is 0 Å². The number of hydrogen-bond donors (Lipinski definition) is 0. The topological polar surface area (TPSA) is 9.23 Å². The molecule has 0 aromatic rings. The average molecular weight is 212 g/mol. The van der Waals surface area contributed by atoms with E-state index in [4.69, 9.17) is 4.74 Å². The molecule has 1 heteroatoms. The molecule has 1 aliphatic rings. The minimum atomic E-state index is 0.265. The van der Waals surface area contributed by atoms with E-state index in [1.165, 1.54) is 0 Å². The molecule has 1 saturated heterocycles. The fraction of sp³-hybridized carbons (Fsp3) is 1.00. The van der Waals surface area contributed by atoms with E-state index in [2.05, 4.69) is 48.5 Å². The van der Waals surface area contributed by atoms with E-state index in [9.17, 15) is 0 Å². The Morgan fingerprint density at radius 2 is 1.47 bits per heavy atom. The van der Waals surface area contributed by atoms with Gasteiger partial charge in [-0.1, -0.05) is 48.5 Å². The van der Waals surface area contributed by atoms with Gasteiger partial charge in [0, 0.05) is 0 Å². The van der Waals surface area contributed by atoms with Crippen LogP contribution < -0.4 is 0 Å². The van der Waals surface area contributed by atoms with Crippen molar-refractivity contribution in [3.05, 3.63) is 0 Å². The van der Waals surface area contributed by atoms with E-state index in [0.29, 0.717) is 24.0 Å². The van der Waals surface area contributed by atoms with Crippen molar-refractivity contribution in [3.8, 4) is 0 Å². The summed E-state index contributed by atoms with van der Waals surface area (Å²) in [7, 11) is 0. The van der Waals surface area contributed by atoms with Gasteiger partial charge in [-0.15, -0.1) is 0 Å². The number of ether oxygens (including phenoxy) is 1. The predicted molar refractivity (Wildman–Crippen MR) is 65.9 cm³/mol. The lowest BCUT2D eigenvalue weighted by Crippen LogP contribution is -2.49. The van der Waals surface area contributed by atoms with Gasteiger partial charge in [-0.25, -0.2) is 0 Å². The summed E-state index contributed by atoms with van der Waals surface area (Å²) in [6, 6.07) is 0. The molecule has 15 heavy (non-hydrogen) atoms. The van der Waals surface area contributed by atoms with E-state index >= 15 is 0 Å². The van der Waals surface area contributed by atoms with Crippen molar-refractivity contribution in [2.75, 3.05) is 0 Å². The summed E-state index contributed by atoms with van der Waals surface area (Å²) in [6.45, 7) is 16.2. The molecule has 1 unspecified atom stereocenters. The fourth-order valence-corrected chi connectivity index (χ4v) is 2.99. The normalized spacial score (nSPS) is 43.0. The largest absolute Gasteiger partial charge is 0.374 e. The van der Waals surface area contributed by atoms with Crippen LogP contribution >= 0.6 is 0 Å². The van der Waals surface area contributed by atoms with Crippen molar-refractivity contribution in [1.82, 2.24) is 0 Å². The number of hydrogen-bond acceptors (Lipinski definition) is 1. The van der Waals surface area contributed by atoms with Gasteiger partial charge in [-0.2, -0.15) is 0 Å². The second kappa shape index (κ2) is 4.45. The smallest absolute Gasteiger partial charge is 0.0655 e. The summed E-state index contributed by atoms with van der Waals surface area (Å²) >= 11 is 0. The first-order valence-electron chi connectivity index (χ1n) is 6.44. The molecule has 0 aliphatic carbocycles. The minimum Gasteiger partial charge on any atom is -0.374 e. The molecule has 1 heterocycles. The first-order chi connectivity index (χ1) is 6.79. The maximum atomic E-state index is 6.29. The predicted octanol–water partition coefficient (Wildman–Crippen LogP) is 4.12. The van der Waals surface area contributed by atoms with Gasteiger partial charge in [0.15, 0.2) is 0 Å². The highest BCUT2D eigenvalue weighted by Crippen LogP contribution is 2.42. The Morgan fingerprint density at radius 1 is 0.933 bits per heavy atom. The zero-order chi connectivity index (χ0) is 11.8. The van der Waals surface area contributed by atoms with Crippen molar-refractivity contribution in [3.63, 3.8) is 0 Å². The van der Waals surface area contributed by atoms with Gasteiger partial charge in [-0.05, 0) is 29.6 Å². The molecule has 0 saturated carbocycles. The van der Waals surface area contributed by atoms with Gasteiger partial charge >= 0.3 is 0 Å². The van der Waals surface area contributed by atoms with E-state index in [1.54, 1.807) is 0 Å². The first kappa shape index (κ1) is 13.0. The summed E-state index contributed by atoms with van der Waals surface area (Å²) < 4.78 is 6.29. The lowest BCUT2D eigenvalue weighted by atomic mass is 9.69. The molecule has 1 nitrogen and oxygen atoms in total. The molecule has 1 fully saturated rings. The highest BCUT2D eigenvalue weighted by molar-refractivity contribution is 4.90. The van der Waals surface area contributed by atoms with Crippen LogP contribution in [0.5, 0.6) is 0 Å². The Hall–Kier alpha value is -0.0400. The fourth-order valence-electron chi connectivity index (χ4n) is 2.99. The standard InChI is InChI=1S/C14H28O/c1-8-12-10(3)9(2)11(4)13(15-12)14(5,6)7/h9-13H,8H2,1-7H3/t9-,10+,11+,12+,13?/m0/s1. The first-order valence-corrected chi connectivity index (χ1v) is 6.44. The summed E-state index contributed by atoms with van der Waals surface area (Å²) in [5, 5.41) is 0. The van der Waals surface area contributed by atoms with Crippen molar-refractivity contribution >= 4 is 0 Å². The van der Waals surface area contributed by atoms with Crippen LogP contribution in [0.15, 0.2) is 0 Å². The van der Waals surface area contributed by atoms with Gasteiger partial charge < -0.3 is 4.74 Å². The Balaban J connectivity index is 2.83. The molecule has 1 aliphatic heterocycles. The average Bonchev–Trinajstić information content (AvgIpc) is 2.13. The van der Waals surface area contributed by atoms with Crippen LogP contribution in [-0.4, -0.2) is 12.2 Å². The molecule has 0 amide bonds. The lowest BCUT2D eigenvalue weighted by Gasteiger charge is -2.48. The van der Waals surface area contributed by atoms with Crippen molar-refractivity contribution < 1.29 is 4.74 Å². The molecular formula is C14H28O. The highest BCUT2D eigenvalue weighted by Gasteiger charge is 2.42. The maximum Gasteiger partial charge on any atom is 0.0655 e. The third-order valence-corrected chi connectivity index (χ3v) is 4.30. The lowest BCUT2D eigenvalue weighted by molar-refractivity contribution is -0.171. The van der Waals surface area contributed by atoms with Gasteiger partial charge in [0.05, 0.1) is 12.2 Å². The quantitative estimate of drug-likeness (QED) is 0.635. The van der Waals surface area contributed by atoms with Gasteiger partial charge in [0.1, 0.15) is 0 Å². The second-order valence-electron chi connectivity index (χ2n) is 6.45. The number of rotatable bonds is 1. The minimum absolute atomic E-state index is 0.265. The van der Waals surface area contributed by atoms with Crippen LogP contribution in [0.4, 0.5) is 0 Å². The maximum absolute atomic E-state index is 6.29. The summed E-state index contributed by atoms with van der Waals surface area (Å²) in [5.41, 5.74) is 0.265. The molecule has 5 atom stereocenters. The third kappa shape index (κ3) is 2.55. The molecule has 0 N–H and O–H groups in total. The molecule has 0 aromatic carbocycles. The van der Waals surface area contributed by atoms with Gasteiger partial charge in [-0.3, -0.25) is 0 Å². The van der Waals surface area contributed by atoms with Crippen LogP contribution in [-0.2, 0) is 4.74 Å². The Kier molecular flexibility index (Phi) is 3.86. The van der Waals surface area contributed by atoms with Crippen molar-refractivity contribution in [2.45, 2.75) is 67.1 Å². The van der Waals surface area contributed by atoms with Crippen LogP contribution in [0.3, 0.4) is 0 Å². The molecule has 0 aromatic heterocycles. The molecule has 0 spiro atoms. The Labute approximate surface area is 95.6 Å². The second-order valence-corrected chi connectivity index (χ2v) is 6.45. The third-order valence-electron chi connectivity index (χ3n) is 4.30. The molecule has 90 valence electrons. The zero-order valence-corrected chi connectivity index (χ0v) is 11.5. The summed E-state index contributed by atoms with van der Waals surface area (Å²) in [4.78, 5) is 0. The van der Waals surface area contributed by atoms with E-state index < -0.39 is 0 Å². The molecule has 1 rings (SSSR count). The van der Waals surface area contributed by atoms with Crippen LogP contribution in [0.1, 0.15) is 54.9 Å². The van der Waals surface area contributed by atoms with E-state index in [1.807, 2.05) is 0 Å². The molecule has 0 bridgehead atoms. The highest BCUT2D eigenvalue weighted by atomic mass is 16.5. The molecule has 0 radical (unpaired) electrons.